The zero-order chi connectivity index (χ0) is 28.2. The third kappa shape index (κ3) is 4.07. The summed E-state index contributed by atoms with van der Waals surface area (Å²) < 4.78 is 0. The van der Waals surface area contributed by atoms with Gasteiger partial charge in [0.1, 0.15) is 11.5 Å². The first kappa shape index (κ1) is 26.8. The molecule has 202 valence electrons. The Morgan fingerprint density at radius 1 is 1.03 bits per heavy atom. The third-order valence-corrected chi connectivity index (χ3v) is 8.68. The number of aromatic hydroxyl groups is 1. The van der Waals surface area contributed by atoms with Crippen LogP contribution in [0.25, 0.3) is 5.76 Å². The molecule has 0 saturated heterocycles. The number of Topliss-reactive ketones (excluding diaryl/α,β-unsaturated/α-hetero) is 4. The Hall–Kier alpha value is -3.84. The summed E-state index contributed by atoms with van der Waals surface area (Å²) >= 11 is 0. The van der Waals surface area contributed by atoms with Crippen molar-refractivity contribution in [3.8, 4) is 5.75 Å². The zero-order valence-corrected chi connectivity index (χ0v) is 22.3. The molecule has 0 radical (unpaired) electrons. The van der Waals surface area contributed by atoms with Crippen LogP contribution in [0.15, 0.2) is 53.1 Å². The van der Waals surface area contributed by atoms with Gasteiger partial charge in [-0.2, -0.15) is 0 Å². The average Bonchev–Trinajstić information content (AvgIpc) is 2.90. The van der Waals surface area contributed by atoms with Gasteiger partial charge in [-0.05, 0) is 68.6 Å². The topological polar surface area (TPSA) is 129 Å². The molecule has 3 N–H and O–H groups in total. The lowest BCUT2D eigenvalue weighted by molar-refractivity contribution is -0.157. The van der Waals surface area contributed by atoms with Crippen molar-refractivity contribution >= 4 is 28.9 Å². The molecule has 0 bridgehead atoms. The van der Waals surface area contributed by atoms with E-state index in [1.54, 1.807) is 31.2 Å². The molecule has 3 aliphatic rings. The summed E-state index contributed by atoms with van der Waals surface area (Å²) in [5.41, 5.74) is 0.706. The highest BCUT2D eigenvalue weighted by atomic mass is 16.3. The number of aliphatic hydroxyl groups is 2. The lowest BCUT2D eigenvalue weighted by Gasteiger charge is -2.46. The molecule has 0 aromatic heterocycles. The number of fused-ring (bicyclic) bond motifs is 3. The van der Waals surface area contributed by atoms with Crippen LogP contribution in [0.3, 0.4) is 0 Å². The molecular weight excluding hydrogens is 496 g/mol. The molecule has 0 amide bonds. The fourth-order valence-corrected chi connectivity index (χ4v) is 6.75. The van der Waals surface area contributed by atoms with Gasteiger partial charge in [0.15, 0.2) is 17.2 Å². The number of carbonyl (C=O) groups is 4. The van der Waals surface area contributed by atoms with Crippen molar-refractivity contribution in [2.45, 2.75) is 64.9 Å². The predicted molar refractivity (Wildman–Crippen MR) is 144 cm³/mol. The number of allylic oxidation sites excluding steroid dienone is 1. The highest BCUT2D eigenvalue weighted by Crippen LogP contribution is 2.52. The summed E-state index contributed by atoms with van der Waals surface area (Å²) in [6.07, 6.45) is 1.88. The van der Waals surface area contributed by atoms with E-state index >= 15 is 0 Å². The van der Waals surface area contributed by atoms with E-state index in [0.29, 0.717) is 29.5 Å². The van der Waals surface area contributed by atoms with E-state index < -0.39 is 40.5 Å². The van der Waals surface area contributed by atoms with E-state index in [9.17, 15) is 34.5 Å². The summed E-state index contributed by atoms with van der Waals surface area (Å²) in [7, 11) is 0. The van der Waals surface area contributed by atoms with E-state index in [2.05, 4.69) is 0 Å². The number of aliphatic hydroxyl groups excluding tert-OH is 1. The van der Waals surface area contributed by atoms with Crippen molar-refractivity contribution in [3.63, 3.8) is 0 Å². The van der Waals surface area contributed by atoms with Crippen LogP contribution >= 0.6 is 0 Å². The average molecular weight is 529 g/mol. The van der Waals surface area contributed by atoms with Crippen LogP contribution in [0.4, 0.5) is 0 Å². The van der Waals surface area contributed by atoms with Gasteiger partial charge in [-0.3, -0.25) is 19.2 Å². The number of ketones is 4. The van der Waals surface area contributed by atoms with Crippen LogP contribution in [0.1, 0.15) is 72.6 Å². The Morgan fingerprint density at radius 3 is 2.36 bits per heavy atom. The first-order valence-electron chi connectivity index (χ1n) is 13.4. The first-order chi connectivity index (χ1) is 18.5. The summed E-state index contributed by atoms with van der Waals surface area (Å²) in [6, 6.07) is 10.7. The maximum absolute atomic E-state index is 13.8. The summed E-state index contributed by atoms with van der Waals surface area (Å²) in [5, 5.41) is 34.3. The Bertz CT molecular complexity index is 1490. The fraction of sp³-hybridized carbons (Fsp3) is 0.375. The summed E-state index contributed by atoms with van der Waals surface area (Å²) in [5.74, 6) is -4.18. The van der Waals surface area contributed by atoms with E-state index in [0.717, 1.165) is 11.1 Å². The van der Waals surface area contributed by atoms with Crippen LogP contribution in [0, 0.1) is 11.8 Å². The molecular formula is C32H32O7. The first-order valence-corrected chi connectivity index (χ1v) is 13.4. The van der Waals surface area contributed by atoms with Crippen LogP contribution in [0.5, 0.6) is 5.75 Å². The number of rotatable bonds is 6. The van der Waals surface area contributed by atoms with Gasteiger partial charge in [-0.15, -0.1) is 0 Å². The molecule has 39 heavy (non-hydrogen) atoms. The predicted octanol–water partition coefficient (Wildman–Crippen LogP) is 4.41. The maximum atomic E-state index is 13.8. The molecule has 7 nitrogen and oxygen atoms in total. The Kier molecular flexibility index (Phi) is 6.67. The lowest BCUT2D eigenvalue weighted by Crippen LogP contribution is -2.61. The molecule has 0 heterocycles. The largest absolute Gasteiger partial charge is 0.507 e. The summed E-state index contributed by atoms with van der Waals surface area (Å²) in [4.78, 5) is 52.0. The molecule has 1 saturated carbocycles. The van der Waals surface area contributed by atoms with Gasteiger partial charge in [0.05, 0.1) is 11.1 Å². The molecule has 7 heteroatoms. The van der Waals surface area contributed by atoms with Crippen LogP contribution in [-0.2, 0) is 33.6 Å². The van der Waals surface area contributed by atoms with Crippen LogP contribution < -0.4 is 0 Å². The van der Waals surface area contributed by atoms with Gasteiger partial charge in [0.25, 0.3) is 0 Å². The monoisotopic (exact) mass is 528 g/mol. The highest BCUT2D eigenvalue weighted by Gasteiger charge is 2.60. The Labute approximate surface area is 226 Å². The van der Waals surface area contributed by atoms with Crippen molar-refractivity contribution in [2.75, 3.05) is 0 Å². The molecule has 0 aliphatic heterocycles. The molecule has 2 aromatic carbocycles. The standard InChI is InChI=1S/C32H32O7/c1-4-18-13-20(10-11-24(34)19-8-6-5-7-9-19)28(35)27-23(18)15-21-14-22-12-16(2)25(17(3)33)30(37)32(22,39)31(38)26(21)29(27)36/h5-9,13,21-22,35-36,39H,4,10-12,14-15H2,1-3H3. The van der Waals surface area contributed by atoms with Gasteiger partial charge < -0.3 is 15.3 Å². The molecule has 5 rings (SSSR count). The second-order valence-corrected chi connectivity index (χ2v) is 11.0. The van der Waals surface area contributed by atoms with Crippen molar-refractivity contribution in [1.82, 2.24) is 0 Å². The Balaban J connectivity index is 1.56. The number of benzene rings is 2. The highest BCUT2D eigenvalue weighted by molar-refractivity contribution is 6.33. The Morgan fingerprint density at radius 2 is 1.72 bits per heavy atom. The second-order valence-electron chi connectivity index (χ2n) is 11.0. The molecule has 2 aromatic rings. The van der Waals surface area contributed by atoms with Gasteiger partial charge in [-0.25, -0.2) is 0 Å². The minimum absolute atomic E-state index is 0.0769. The second kappa shape index (κ2) is 9.72. The number of hydrogen-bond acceptors (Lipinski definition) is 7. The number of phenolic OH excluding ortho intramolecular Hbond substituents is 1. The molecule has 1 fully saturated rings. The molecule has 3 aliphatic carbocycles. The van der Waals surface area contributed by atoms with Crippen LogP contribution in [0.2, 0.25) is 0 Å². The third-order valence-electron chi connectivity index (χ3n) is 8.68. The molecule has 0 spiro atoms. The number of carbonyl (C=O) groups excluding carboxylic acids is 4. The van der Waals surface area contributed by atoms with Gasteiger partial charge in [-0.1, -0.05) is 48.9 Å². The fourth-order valence-electron chi connectivity index (χ4n) is 6.75. The quantitative estimate of drug-likeness (QED) is 0.288. The van der Waals surface area contributed by atoms with E-state index in [-0.39, 0.29) is 53.9 Å². The van der Waals surface area contributed by atoms with Crippen molar-refractivity contribution in [1.29, 1.82) is 0 Å². The smallest absolute Gasteiger partial charge is 0.206 e. The van der Waals surface area contributed by atoms with Crippen molar-refractivity contribution < 1.29 is 34.5 Å². The minimum Gasteiger partial charge on any atom is -0.507 e. The van der Waals surface area contributed by atoms with E-state index in [1.807, 2.05) is 19.1 Å². The van der Waals surface area contributed by atoms with E-state index in [4.69, 9.17) is 0 Å². The maximum Gasteiger partial charge on any atom is 0.206 e. The number of hydrogen-bond donors (Lipinski definition) is 3. The molecule has 3 atom stereocenters. The number of phenols is 1. The summed E-state index contributed by atoms with van der Waals surface area (Å²) in [6.45, 7) is 4.87. The SMILES string of the molecule is CCc1cc(CCC(=O)c2ccccc2)c(O)c2c1CC1CC3CC(C)=C(C(C)=O)C(=O)C3(O)C(=O)C1=C2O. The van der Waals surface area contributed by atoms with Crippen molar-refractivity contribution in [2.24, 2.45) is 11.8 Å². The van der Waals surface area contributed by atoms with E-state index in [1.165, 1.54) is 6.92 Å². The van der Waals surface area contributed by atoms with Crippen molar-refractivity contribution in [3.05, 3.63) is 80.9 Å². The lowest BCUT2D eigenvalue weighted by atomic mass is 9.57. The molecule has 3 unspecified atom stereocenters. The van der Waals surface area contributed by atoms with Crippen LogP contribution in [-0.4, -0.2) is 44.1 Å². The minimum atomic E-state index is -2.43. The zero-order valence-electron chi connectivity index (χ0n) is 22.3. The normalized spacial score (nSPS) is 24.3. The van der Waals surface area contributed by atoms with Gasteiger partial charge >= 0.3 is 0 Å². The van der Waals surface area contributed by atoms with Gasteiger partial charge in [0.2, 0.25) is 11.6 Å². The number of aryl methyl sites for hydroxylation is 2. The van der Waals surface area contributed by atoms with Gasteiger partial charge in [0, 0.05) is 23.5 Å².